The average molecular weight is 427 g/mol. The lowest BCUT2D eigenvalue weighted by Crippen LogP contribution is -2.09. The molecule has 0 aliphatic heterocycles. The van der Waals surface area contributed by atoms with E-state index in [9.17, 15) is 9.59 Å². The van der Waals surface area contributed by atoms with Gasteiger partial charge in [0.25, 0.3) is 0 Å². The molecule has 0 aromatic carbocycles. The van der Waals surface area contributed by atoms with E-state index in [0.717, 1.165) is 25.7 Å². The number of rotatable bonds is 4. The molecule has 0 saturated heterocycles. The van der Waals surface area contributed by atoms with Gasteiger partial charge in [0.15, 0.2) is 11.4 Å². The normalized spacial score (nSPS) is 15.5. The van der Waals surface area contributed by atoms with Crippen LogP contribution in [0.4, 0.5) is 11.6 Å². The van der Waals surface area contributed by atoms with Crippen LogP contribution in [0.25, 0.3) is 0 Å². The summed E-state index contributed by atoms with van der Waals surface area (Å²) in [5, 5.41) is 17.4. The zero-order chi connectivity index (χ0) is 20.6. The molecule has 2 saturated carbocycles. The molecule has 2 aromatic heterocycles. The molecule has 0 radical (unpaired) electrons. The fraction of sp³-hybridized carbons (Fsp3) is 0.375. The van der Waals surface area contributed by atoms with Crippen LogP contribution >= 0.6 is 23.2 Å². The van der Waals surface area contributed by atoms with Gasteiger partial charge in [-0.1, -0.05) is 23.2 Å². The third kappa shape index (κ3) is 4.39. The fourth-order valence-corrected chi connectivity index (χ4v) is 2.63. The number of anilines is 2. The van der Waals surface area contributed by atoms with Gasteiger partial charge < -0.3 is 21.7 Å². The quantitative estimate of drug-likeness (QED) is 0.567. The van der Waals surface area contributed by atoms with Gasteiger partial charge >= 0.3 is 11.9 Å². The van der Waals surface area contributed by atoms with Gasteiger partial charge in [-0.15, -0.1) is 0 Å². The van der Waals surface area contributed by atoms with E-state index < -0.39 is 11.9 Å². The Balaban J connectivity index is 0.000000161. The minimum absolute atomic E-state index is 0.0426. The highest BCUT2D eigenvalue weighted by molar-refractivity contribution is 6.35. The molecule has 2 aromatic rings. The topological polar surface area (TPSA) is 178 Å². The number of nitrogen functional groups attached to an aromatic ring is 2. The largest absolute Gasteiger partial charge is 0.476 e. The lowest BCUT2D eigenvalue weighted by Gasteiger charge is -2.04. The molecule has 0 spiro atoms. The molecule has 0 atom stereocenters. The summed E-state index contributed by atoms with van der Waals surface area (Å²) in [7, 11) is 0. The third-order valence-corrected chi connectivity index (χ3v) is 4.82. The van der Waals surface area contributed by atoms with Crippen molar-refractivity contribution in [3.63, 3.8) is 0 Å². The number of nitrogens with two attached hydrogens (primary N) is 2. The van der Waals surface area contributed by atoms with Gasteiger partial charge in [0.05, 0.1) is 0 Å². The lowest BCUT2D eigenvalue weighted by molar-refractivity contribution is 0.0679. The predicted octanol–water partition coefficient (Wildman–Crippen LogP) is 2.58. The molecule has 10 nitrogen and oxygen atoms in total. The first-order valence-electron chi connectivity index (χ1n) is 8.31. The van der Waals surface area contributed by atoms with Crippen LogP contribution in [0.5, 0.6) is 0 Å². The second-order valence-electron chi connectivity index (χ2n) is 6.42. The fourth-order valence-electron chi connectivity index (χ4n) is 2.30. The minimum atomic E-state index is -1.17. The summed E-state index contributed by atoms with van der Waals surface area (Å²) < 4.78 is 0. The van der Waals surface area contributed by atoms with Crippen LogP contribution < -0.4 is 11.5 Å². The van der Waals surface area contributed by atoms with Crippen LogP contribution in [0.1, 0.15) is 70.1 Å². The van der Waals surface area contributed by atoms with Crippen molar-refractivity contribution in [3.05, 3.63) is 33.1 Å². The Kier molecular flexibility index (Phi) is 5.52. The van der Waals surface area contributed by atoms with Crippen molar-refractivity contribution in [2.24, 2.45) is 0 Å². The Labute approximate surface area is 168 Å². The summed E-state index contributed by atoms with van der Waals surface area (Å²) in [4.78, 5) is 37.1. The smallest absolute Gasteiger partial charge is 0.356 e. The third-order valence-electron chi connectivity index (χ3n) is 4.08. The first-order chi connectivity index (χ1) is 13.2. The number of carboxylic acid groups (broad SMARTS) is 2. The van der Waals surface area contributed by atoms with E-state index in [1.54, 1.807) is 0 Å². The predicted molar refractivity (Wildman–Crippen MR) is 101 cm³/mol. The van der Waals surface area contributed by atoms with Crippen molar-refractivity contribution in [2.45, 2.75) is 37.5 Å². The van der Waals surface area contributed by atoms with E-state index in [-0.39, 0.29) is 44.9 Å². The molecule has 12 heteroatoms. The van der Waals surface area contributed by atoms with Gasteiger partial charge in [-0.2, -0.15) is 0 Å². The maximum absolute atomic E-state index is 10.7. The van der Waals surface area contributed by atoms with Gasteiger partial charge in [-0.3, -0.25) is 0 Å². The summed E-state index contributed by atoms with van der Waals surface area (Å²) in [6.45, 7) is 0. The number of carboxylic acids is 2. The number of aromatic carboxylic acids is 2. The summed E-state index contributed by atoms with van der Waals surface area (Å²) in [6.07, 6.45) is 3.94. The Bertz CT molecular complexity index is 885. The highest BCUT2D eigenvalue weighted by atomic mass is 35.5. The number of hydrogen-bond donors (Lipinski definition) is 4. The molecule has 28 heavy (non-hydrogen) atoms. The summed E-state index contributed by atoms with van der Waals surface area (Å²) >= 11 is 11.3. The molecule has 2 fully saturated rings. The molecule has 0 amide bonds. The van der Waals surface area contributed by atoms with Crippen LogP contribution in [-0.2, 0) is 0 Å². The first-order valence-corrected chi connectivity index (χ1v) is 9.07. The van der Waals surface area contributed by atoms with E-state index in [0.29, 0.717) is 11.6 Å². The van der Waals surface area contributed by atoms with E-state index in [1.165, 1.54) is 0 Å². The van der Waals surface area contributed by atoms with Crippen molar-refractivity contribution in [2.75, 3.05) is 11.5 Å². The summed E-state index contributed by atoms with van der Waals surface area (Å²) in [5.41, 5.74) is 10.5. The lowest BCUT2D eigenvalue weighted by atomic mass is 10.3. The molecule has 148 valence electrons. The molecular weight excluding hydrogens is 411 g/mol. The maximum Gasteiger partial charge on any atom is 0.356 e. The highest BCUT2D eigenvalue weighted by Crippen LogP contribution is 2.40. The molecular formula is C16H16Cl2N6O4. The van der Waals surface area contributed by atoms with Gasteiger partial charge in [0, 0.05) is 11.8 Å². The van der Waals surface area contributed by atoms with Crippen molar-refractivity contribution >= 4 is 46.8 Å². The number of hydrogen-bond acceptors (Lipinski definition) is 8. The molecule has 4 rings (SSSR count). The molecule has 6 N–H and O–H groups in total. The Morgan fingerprint density at radius 1 is 0.750 bits per heavy atom. The summed E-state index contributed by atoms with van der Waals surface area (Å²) in [5.74, 6) is -0.770. The van der Waals surface area contributed by atoms with Crippen LogP contribution in [0.3, 0.4) is 0 Å². The Hall–Kier alpha value is -2.72. The monoisotopic (exact) mass is 426 g/mol. The Morgan fingerprint density at radius 3 is 1.32 bits per heavy atom. The van der Waals surface area contributed by atoms with Crippen LogP contribution in [0.2, 0.25) is 10.0 Å². The molecule has 0 bridgehead atoms. The maximum atomic E-state index is 10.7. The SMILES string of the molecule is Nc1nc(C2CC2)nc(C(=O)O)c1Cl.Nc1nc(C2CC2)nc(C(=O)O)c1Cl. The zero-order valence-electron chi connectivity index (χ0n) is 14.4. The van der Waals surface area contributed by atoms with Gasteiger partial charge in [0.2, 0.25) is 0 Å². The molecule has 2 aliphatic carbocycles. The summed E-state index contributed by atoms with van der Waals surface area (Å²) in [6, 6.07) is 0. The average Bonchev–Trinajstić information content (AvgIpc) is 3.51. The molecule has 0 unspecified atom stereocenters. The number of aromatic nitrogens is 4. The van der Waals surface area contributed by atoms with Gasteiger partial charge in [-0.25, -0.2) is 29.5 Å². The van der Waals surface area contributed by atoms with Crippen LogP contribution in [-0.4, -0.2) is 42.1 Å². The van der Waals surface area contributed by atoms with Gasteiger partial charge in [-0.05, 0) is 25.7 Å². The van der Waals surface area contributed by atoms with E-state index in [4.69, 9.17) is 44.9 Å². The second-order valence-corrected chi connectivity index (χ2v) is 7.17. The zero-order valence-corrected chi connectivity index (χ0v) is 15.9. The molecule has 2 heterocycles. The number of halogens is 2. The van der Waals surface area contributed by atoms with E-state index in [2.05, 4.69) is 19.9 Å². The first kappa shape index (κ1) is 20.0. The van der Waals surface area contributed by atoms with E-state index in [1.807, 2.05) is 0 Å². The number of nitrogens with zero attached hydrogens (tertiary/aromatic N) is 4. The second kappa shape index (κ2) is 7.72. The van der Waals surface area contributed by atoms with Crippen molar-refractivity contribution in [1.29, 1.82) is 0 Å². The standard InChI is InChI=1S/2C8H8ClN3O2/c2*9-4-5(8(13)14)11-7(3-1-2-3)12-6(4)10/h2*3H,1-2H2,(H,13,14)(H2,10,11,12). The highest BCUT2D eigenvalue weighted by Gasteiger charge is 2.30. The van der Waals surface area contributed by atoms with E-state index >= 15 is 0 Å². The number of carbonyl (C=O) groups is 2. The van der Waals surface area contributed by atoms with Gasteiger partial charge in [0.1, 0.15) is 33.3 Å². The van der Waals surface area contributed by atoms with Crippen molar-refractivity contribution < 1.29 is 19.8 Å². The minimum Gasteiger partial charge on any atom is -0.476 e. The van der Waals surface area contributed by atoms with Crippen molar-refractivity contribution in [3.8, 4) is 0 Å². The van der Waals surface area contributed by atoms with Crippen LogP contribution in [0, 0.1) is 0 Å². The van der Waals surface area contributed by atoms with Crippen molar-refractivity contribution in [1.82, 2.24) is 19.9 Å². The van der Waals surface area contributed by atoms with Crippen LogP contribution in [0.15, 0.2) is 0 Å². The molecule has 2 aliphatic rings. The Morgan fingerprint density at radius 2 is 1.07 bits per heavy atom.